The SMILES string of the molecule is CN(c1ccc(F)cc1)S(=O)(=O)c1cc(C(=O)O)c(F)cc1F. The Morgan fingerprint density at radius 3 is 2.13 bits per heavy atom. The number of carboxylic acids is 1. The first-order valence-corrected chi connectivity index (χ1v) is 7.55. The number of sulfonamides is 1. The average molecular weight is 345 g/mol. The van der Waals surface area contributed by atoms with Crippen molar-refractivity contribution in [3.05, 3.63) is 59.4 Å². The van der Waals surface area contributed by atoms with Gasteiger partial charge in [0, 0.05) is 13.1 Å². The fourth-order valence-corrected chi connectivity index (χ4v) is 3.09. The lowest BCUT2D eigenvalue weighted by molar-refractivity contribution is 0.0691. The summed E-state index contributed by atoms with van der Waals surface area (Å²) >= 11 is 0. The monoisotopic (exact) mass is 345 g/mol. The molecule has 0 aromatic heterocycles. The third kappa shape index (κ3) is 3.14. The summed E-state index contributed by atoms with van der Waals surface area (Å²) in [6.07, 6.45) is 0. The van der Waals surface area contributed by atoms with Gasteiger partial charge in [0.15, 0.2) is 0 Å². The summed E-state index contributed by atoms with van der Waals surface area (Å²) in [4.78, 5) is 9.88. The number of hydrogen-bond acceptors (Lipinski definition) is 3. The van der Waals surface area contributed by atoms with Gasteiger partial charge < -0.3 is 5.11 Å². The summed E-state index contributed by atoms with van der Waals surface area (Å²) in [6, 6.07) is 4.89. The Hall–Kier alpha value is -2.55. The van der Waals surface area contributed by atoms with Crippen LogP contribution in [-0.2, 0) is 10.0 Å². The molecule has 2 rings (SSSR count). The average Bonchev–Trinajstić information content (AvgIpc) is 2.46. The molecule has 0 saturated carbocycles. The summed E-state index contributed by atoms with van der Waals surface area (Å²) < 4.78 is 65.5. The largest absolute Gasteiger partial charge is 0.478 e. The van der Waals surface area contributed by atoms with E-state index in [1.54, 1.807) is 0 Å². The van der Waals surface area contributed by atoms with Gasteiger partial charge in [0.25, 0.3) is 10.0 Å². The van der Waals surface area contributed by atoms with Crippen LogP contribution in [0.2, 0.25) is 0 Å². The zero-order chi connectivity index (χ0) is 17.4. The molecule has 122 valence electrons. The highest BCUT2D eigenvalue weighted by Crippen LogP contribution is 2.26. The van der Waals surface area contributed by atoms with Crippen molar-refractivity contribution in [1.29, 1.82) is 0 Å². The normalized spacial score (nSPS) is 11.3. The van der Waals surface area contributed by atoms with Gasteiger partial charge in [-0.2, -0.15) is 0 Å². The summed E-state index contributed by atoms with van der Waals surface area (Å²) in [5.74, 6) is -5.15. The maximum atomic E-state index is 13.8. The van der Waals surface area contributed by atoms with E-state index >= 15 is 0 Å². The molecule has 0 saturated heterocycles. The summed E-state index contributed by atoms with van der Waals surface area (Å²) in [5, 5.41) is 8.82. The Kier molecular flexibility index (Phi) is 4.33. The molecule has 0 aliphatic heterocycles. The van der Waals surface area contributed by atoms with Gasteiger partial charge in [-0.3, -0.25) is 4.31 Å². The maximum Gasteiger partial charge on any atom is 0.338 e. The van der Waals surface area contributed by atoms with Crippen LogP contribution in [0, 0.1) is 17.5 Å². The van der Waals surface area contributed by atoms with E-state index in [-0.39, 0.29) is 11.8 Å². The first kappa shape index (κ1) is 16.8. The molecule has 23 heavy (non-hydrogen) atoms. The van der Waals surface area contributed by atoms with Crippen LogP contribution in [0.4, 0.5) is 18.9 Å². The predicted octanol–water partition coefficient (Wildman–Crippen LogP) is 2.63. The molecule has 0 bridgehead atoms. The number of carbonyl (C=O) groups is 1. The molecule has 5 nitrogen and oxygen atoms in total. The van der Waals surface area contributed by atoms with Crippen molar-refractivity contribution in [1.82, 2.24) is 0 Å². The van der Waals surface area contributed by atoms with E-state index in [4.69, 9.17) is 5.11 Å². The molecular weight excluding hydrogens is 335 g/mol. The number of anilines is 1. The van der Waals surface area contributed by atoms with Crippen molar-refractivity contribution in [2.75, 3.05) is 11.4 Å². The van der Waals surface area contributed by atoms with Crippen LogP contribution in [0.1, 0.15) is 10.4 Å². The molecule has 0 amide bonds. The molecule has 0 spiro atoms. The van der Waals surface area contributed by atoms with Gasteiger partial charge in [-0.05, 0) is 30.3 Å². The minimum absolute atomic E-state index is 0.0204. The third-order valence-electron chi connectivity index (χ3n) is 3.08. The highest BCUT2D eigenvalue weighted by atomic mass is 32.2. The molecule has 0 aliphatic rings. The molecule has 2 aromatic rings. The smallest absolute Gasteiger partial charge is 0.338 e. The second-order valence-corrected chi connectivity index (χ2v) is 6.45. The number of benzene rings is 2. The number of halogens is 3. The molecule has 0 heterocycles. The van der Waals surface area contributed by atoms with Crippen molar-refractivity contribution in [3.63, 3.8) is 0 Å². The Morgan fingerprint density at radius 2 is 1.61 bits per heavy atom. The van der Waals surface area contributed by atoms with Crippen LogP contribution in [0.5, 0.6) is 0 Å². The molecule has 0 atom stereocenters. The number of nitrogens with zero attached hydrogens (tertiary/aromatic N) is 1. The van der Waals surface area contributed by atoms with Gasteiger partial charge in [-0.15, -0.1) is 0 Å². The zero-order valence-corrected chi connectivity index (χ0v) is 12.4. The molecule has 9 heteroatoms. The van der Waals surface area contributed by atoms with Crippen molar-refractivity contribution in [3.8, 4) is 0 Å². The Labute approximate surface area is 129 Å². The molecule has 0 aliphatic carbocycles. The molecule has 0 unspecified atom stereocenters. The van der Waals surface area contributed by atoms with E-state index in [2.05, 4.69) is 0 Å². The summed E-state index contributed by atoms with van der Waals surface area (Å²) in [5.41, 5.74) is -0.954. The number of hydrogen-bond donors (Lipinski definition) is 1. The lowest BCUT2D eigenvalue weighted by Crippen LogP contribution is -2.27. The van der Waals surface area contributed by atoms with Crippen molar-refractivity contribution in [2.45, 2.75) is 4.90 Å². The third-order valence-corrected chi connectivity index (χ3v) is 4.88. The minimum Gasteiger partial charge on any atom is -0.478 e. The van der Waals surface area contributed by atoms with E-state index in [0.29, 0.717) is 10.4 Å². The minimum atomic E-state index is -4.50. The number of rotatable bonds is 4. The molecular formula is C14H10F3NO4S. The predicted molar refractivity (Wildman–Crippen MR) is 75.3 cm³/mol. The second-order valence-electron chi connectivity index (χ2n) is 4.52. The maximum absolute atomic E-state index is 13.8. The van der Waals surface area contributed by atoms with E-state index in [0.717, 1.165) is 31.3 Å². The second kappa shape index (κ2) is 5.92. The highest BCUT2D eigenvalue weighted by molar-refractivity contribution is 7.92. The van der Waals surface area contributed by atoms with Crippen molar-refractivity contribution in [2.24, 2.45) is 0 Å². The quantitative estimate of drug-likeness (QED) is 0.924. The topological polar surface area (TPSA) is 74.7 Å². The lowest BCUT2D eigenvalue weighted by atomic mass is 10.2. The van der Waals surface area contributed by atoms with Gasteiger partial charge in [-0.1, -0.05) is 0 Å². The van der Waals surface area contributed by atoms with Gasteiger partial charge in [0.2, 0.25) is 0 Å². The van der Waals surface area contributed by atoms with Gasteiger partial charge in [0.1, 0.15) is 22.3 Å². The number of aromatic carboxylic acids is 1. The first-order chi connectivity index (χ1) is 10.6. The van der Waals surface area contributed by atoms with Crippen molar-refractivity contribution < 1.29 is 31.5 Å². The van der Waals surface area contributed by atoms with E-state index in [9.17, 15) is 26.4 Å². The first-order valence-electron chi connectivity index (χ1n) is 6.11. The summed E-state index contributed by atoms with van der Waals surface area (Å²) in [7, 11) is -3.43. The molecule has 0 fully saturated rings. The van der Waals surface area contributed by atoms with Crippen LogP contribution in [0.25, 0.3) is 0 Å². The van der Waals surface area contributed by atoms with Gasteiger partial charge in [0.05, 0.1) is 11.3 Å². The molecule has 1 N–H and O–H groups in total. The fourth-order valence-electron chi connectivity index (χ4n) is 1.83. The van der Waals surface area contributed by atoms with Crippen molar-refractivity contribution >= 4 is 21.7 Å². The summed E-state index contributed by atoms with van der Waals surface area (Å²) in [6.45, 7) is 0. The van der Waals surface area contributed by atoms with Crippen LogP contribution < -0.4 is 4.31 Å². The number of carboxylic acid groups (broad SMARTS) is 1. The van der Waals surface area contributed by atoms with Crippen LogP contribution in [0.15, 0.2) is 41.3 Å². The zero-order valence-electron chi connectivity index (χ0n) is 11.6. The van der Waals surface area contributed by atoms with Gasteiger partial charge in [-0.25, -0.2) is 26.4 Å². The molecule has 2 aromatic carbocycles. The molecule has 0 radical (unpaired) electrons. The Balaban J connectivity index is 2.57. The Bertz CT molecular complexity index is 866. The van der Waals surface area contributed by atoms with E-state index in [1.807, 2.05) is 0 Å². The Morgan fingerprint density at radius 1 is 1.04 bits per heavy atom. The van der Waals surface area contributed by atoms with E-state index < -0.39 is 43.9 Å². The highest BCUT2D eigenvalue weighted by Gasteiger charge is 2.28. The lowest BCUT2D eigenvalue weighted by Gasteiger charge is -2.20. The standard InChI is InChI=1S/C14H10F3NO4S/c1-18(9-4-2-8(15)3-5-9)23(21,22)13-6-10(14(19)20)11(16)7-12(13)17/h2-7H,1H3,(H,19,20). The fraction of sp³-hybridized carbons (Fsp3) is 0.0714. The van der Waals surface area contributed by atoms with Gasteiger partial charge >= 0.3 is 5.97 Å². The van der Waals surface area contributed by atoms with E-state index in [1.165, 1.54) is 0 Å². The van der Waals surface area contributed by atoms with Crippen LogP contribution in [0.3, 0.4) is 0 Å². The van der Waals surface area contributed by atoms with Crippen LogP contribution in [-0.4, -0.2) is 26.5 Å². The van der Waals surface area contributed by atoms with Crippen LogP contribution >= 0.6 is 0 Å².